The Morgan fingerprint density at radius 2 is 1.77 bits per heavy atom. The minimum atomic E-state index is -0.667. The number of alkyl halides is 1. The molecule has 1 aliphatic rings. The van der Waals surface area contributed by atoms with Crippen LogP contribution in [0, 0.1) is 0 Å². The Balaban J connectivity index is 1.47. The zero-order valence-corrected chi connectivity index (χ0v) is 18.1. The lowest BCUT2D eigenvalue weighted by molar-refractivity contribution is -0.135. The van der Waals surface area contributed by atoms with Gasteiger partial charge in [-0.2, -0.15) is 0 Å². The van der Waals surface area contributed by atoms with Gasteiger partial charge in [0.2, 0.25) is 11.8 Å². The van der Waals surface area contributed by atoms with E-state index in [9.17, 15) is 14.4 Å². The quantitative estimate of drug-likeness (QED) is 0.602. The van der Waals surface area contributed by atoms with Crippen LogP contribution in [0.15, 0.2) is 54.6 Å². The molecule has 1 saturated heterocycles. The van der Waals surface area contributed by atoms with Gasteiger partial charge in [0, 0.05) is 17.6 Å². The average molecular weight is 474 g/mol. The number of likely N-dealkylation sites (tertiary alicyclic amines) is 1. The van der Waals surface area contributed by atoms with Crippen LogP contribution in [0.3, 0.4) is 0 Å². The maximum atomic E-state index is 12.7. The van der Waals surface area contributed by atoms with Gasteiger partial charge in [0.05, 0.1) is 0 Å². The summed E-state index contributed by atoms with van der Waals surface area (Å²) in [4.78, 5) is 38.6. The van der Waals surface area contributed by atoms with Crippen molar-refractivity contribution in [3.8, 4) is 0 Å². The third-order valence-electron chi connectivity index (χ3n) is 4.85. The van der Waals surface area contributed by atoms with Crippen molar-refractivity contribution in [1.29, 1.82) is 0 Å². The van der Waals surface area contributed by atoms with E-state index in [0.29, 0.717) is 18.7 Å². The second kappa shape index (κ2) is 10.8. The molecule has 3 amide bonds. The van der Waals surface area contributed by atoms with Crippen molar-refractivity contribution in [2.24, 2.45) is 0 Å². The normalized spacial score (nSPS) is 15.5. The highest BCUT2D eigenvalue weighted by Gasteiger charge is 2.34. The third-order valence-corrected chi connectivity index (χ3v) is 5.50. The van der Waals surface area contributed by atoms with Crippen molar-refractivity contribution in [2.45, 2.75) is 30.8 Å². The minimum Gasteiger partial charge on any atom is -0.445 e. The maximum Gasteiger partial charge on any atom is 0.407 e. The third kappa shape index (κ3) is 6.06. The molecule has 1 heterocycles. The number of rotatable bonds is 7. The number of carbonyl (C=O) groups excluding carboxylic acids is 3. The molecule has 8 heteroatoms. The summed E-state index contributed by atoms with van der Waals surface area (Å²) in [5, 5.41) is 6.07. The van der Waals surface area contributed by atoms with E-state index in [1.54, 1.807) is 0 Å². The van der Waals surface area contributed by atoms with E-state index in [4.69, 9.17) is 4.74 Å². The van der Waals surface area contributed by atoms with Gasteiger partial charge in [-0.25, -0.2) is 4.79 Å². The maximum absolute atomic E-state index is 12.7. The Kier molecular flexibility index (Phi) is 7.84. The Morgan fingerprint density at radius 3 is 2.47 bits per heavy atom. The highest BCUT2D eigenvalue weighted by molar-refractivity contribution is 9.08. The molecule has 0 unspecified atom stereocenters. The minimum absolute atomic E-state index is 0.128. The number of hydrogen-bond donors (Lipinski definition) is 2. The molecular formula is C22H24BrN3O4. The van der Waals surface area contributed by atoms with E-state index < -0.39 is 12.1 Å². The number of ether oxygens (including phenoxy) is 1. The summed E-state index contributed by atoms with van der Waals surface area (Å²) < 4.78 is 5.11. The fourth-order valence-electron chi connectivity index (χ4n) is 3.26. The number of nitrogens with one attached hydrogen (secondary N) is 2. The molecule has 158 valence electrons. The van der Waals surface area contributed by atoms with Crippen molar-refractivity contribution in [3.63, 3.8) is 0 Å². The highest BCUT2D eigenvalue weighted by Crippen LogP contribution is 2.20. The molecule has 1 atom stereocenters. The van der Waals surface area contributed by atoms with Crippen molar-refractivity contribution >= 4 is 39.5 Å². The fraction of sp³-hybridized carbons (Fsp3) is 0.318. The zero-order chi connectivity index (χ0) is 21.3. The zero-order valence-electron chi connectivity index (χ0n) is 16.5. The number of anilines is 1. The van der Waals surface area contributed by atoms with Crippen LogP contribution in [0.25, 0.3) is 0 Å². The summed E-state index contributed by atoms with van der Waals surface area (Å²) in [5.74, 6) is -0.530. The Bertz CT molecular complexity index is 874. The SMILES string of the molecule is O=C(NCC(=O)N1CCC[C@H]1C(=O)Nc1ccc(CBr)cc1)OCc1ccccc1. The average Bonchev–Trinajstić information content (AvgIpc) is 3.27. The van der Waals surface area contributed by atoms with Gasteiger partial charge in [0.15, 0.2) is 0 Å². The van der Waals surface area contributed by atoms with Crippen LogP contribution in [-0.4, -0.2) is 41.9 Å². The number of benzene rings is 2. The van der Waals surface area contributed by atoms with E-state index in [-0.39, 0.29) is 25.0 Å². The molecule has 2 aromatic rings. The van der Waals surface area contributed by atoms with Crippen molar-refractivity contribution < 1.29 is 19.1 Å². The van der Waals surface area contributed by atoms with Gasteiger partial charge in [-0.3, -0.25) is 9.59 Å². The van der Waals surface area contributed by atoms with Crippen LogP contribution in [0.1, 0.15) is 24.0 Å². The Labute approximate surface area is 183 Å². The van der Waals surface area contributed by atoms with Gasteiger partial charge >= 0.3 is 6.09 Å². The highest BCUT2D eigenvalue weighted by atomic mass is 79.9. The molecular weight excluding hydrogens is 450 g/mol. The second-order valence-electron chi connectivity index (χ2n) is 6.98. The van der Waals surface area contributed by atoms with Gasteiger partial charge in [-0.15, -0.1) is 0 Å². The Hall–Kier alpha value is -2.87. The number of carbonyl (C=O) groups is 3. The lowest BCUT2D eigenvalue weighted by Gasteiger charge is -2.24. The second-order valence-corrected chi connectivity index (χ2v) is 7.54. The topological polar surface area (TPSA) is 87.7 Å². The number of amides is 3. The summed E-state index contributed by atoms with van der Waals surface area (Å²) in [7, 11) is 0. The lowest BCUT2D eigenvalue weighted by Crippen LogP contribution is -2.47. The predicted molar refractivity (Wildman–Crippen MR) is 117 cm³/mol. The van der Waals surface area contributed by atoms with Gasteiger partial charge in [0.1, 0.15) is 19.2 Å². The van der Waals surface area contributed by atoms with Crippen LogP contribution >= 0.6 is 15.9 Å². The van der Waals surface area contributed by atoms with E-state index >= 15 is 0 Å². The molecule has 1 aliphatic heterocycles. The number of halogens is 1. The molecule has 0 spiro atoms. The summed E-state index contributed by atoms with van der Waals surface area (Å²) in [6, 6.07) is 16.3. The summed E-state index contributed by atoms with van der Waals surface area (Å²) >= 11 is 3.39. The van der Waals surface area contributed by atoms with Crippen LogP contribution in [0.5, 0.6) is 0 Å². The van der Waals surface area contributed by atoms with Gasteiger partial charge in [-0.1, -0.05) is 58.4 Å². The first-order valence-corrected chi connectivity index (χ1v) is 10.9. The number of alkyl carbamates (subject to hydrolysis) is 1. The predicted octanol–water partition coefficient (Wildman–Crippen LogP) is 3.44. The first-order chi connectivity index (χ1) is 14.6. The molecule has 0 aromatic heterocycles. The van der Waals surface area contributed by atoms with Crippen LogP contribution in [0.2, 0.25) is 0 Å². The standard InChI is InChI=1S/C22H24BrN3O4/c23-13-16-8-10-18(11-9-16)25-21(28)19-7-4-12-26(19)20(27)14-24-22(29)30-15-17-5-2-1-3-6-17/h1-3,5-6,8-11,19H,4,7,12-15H2,(H,24,29)(H,25,28)/t19-/m0/s1. The molecule has 3 rings (SSSR count). The first-order valence-electron chi connectivity index (χ1n) is 9.76. The van der Waals surface area contributed by atoms with Gasteiger partial charge in [-0.05, 0) is 36.1 Å². The molecule has 2 aromatic carbocycles. The van der Waals surface area contributed by atoms with Crippen molar-refractivity contribution in [1.82, 2.24) is 10.2 Å². The summed E-state index contributed by atoms with van der Waals surface area (Å²) in [6.07, 6.45) is 0.666. The molecule has 0 bridgehead atoms. The molecule has 2 N–H and O–H groups in total. The fourth-order valence-corrected chi connectivity index (χ4v) is 3.64. The number of hydrogen-bond acceptors (Lipinski definition) is 4. The summed E-state index contributed by atoms with van der Waals surface area (Å²) in [6.45, 7) is 0.404. The monoisotopic (exact) mass is 473 g/mol. The smallest absolute Gasteiger partial charge is 0.407 e. The first kappa shape index (κ1) is 21.8. The van der Waals surface area contributed by atoms with Gasteiger partial charge in [0.25, 0.3) is 0 Å². The van der Waals surface area contributed by atoms with Crippen LogP contribution in [-0.2, 0) is 26.3 Å². The number of nitrogens with zero attached hydrogens (tertiary/aromatic N) is 1. The summed E-state index contributed by atoms with van der Waals surface area (Å²) in [5.41, 5.74) is 2.65. The molecule has 1 fully saturated rings. The largest absolute Gasteiger partial charge is 0.445 e. The van der Waals surface area contributed by atoms with E-state index in [1.165, 1.54) is 4.90 Å². The molecule has 7 nitrogen and oxygen atoms in total. The van der Waals surface area contributed by atoms with Crippen molar-refractivity contribution in [3.05, 3.63) is 65.7 Å². The lowest BCUT2D eigenvalue weighted by atomic mass is 10.2. The molecule has 0 aliphatic carbocycles. The van der Waals surface area contributed by atoms with E-state index in [0.717, 1.165) is 22.9 Å². The molecule has 30 heavy (non-hydrogen) atoms. The Morgan fingerprint density at radius 1 is 1.03 bits per heavy atom. The van der Waals surface area contributed by atoms with Gasteiger partial charge < -0.3 is 20.3 Å². The van der Waals surface area contributed by atoms with Crippen LogP contribution in [0.4, 0.5) is 10.5 Å². The van der Waals surface area contributed by atoms with Crippen molar-refractivity contribution in [2.75, 3.05) is 18.4 Å². The van der Waals surface area contributed by atoms with E-state index in [2.05, 4.69) is 26.6 Å². The molecule has 0 radical (unpaired) electrons. The molecule has 0 saturated carbocycles. The van der Waals surface area contributed by atoms with Crippen LogP contribution < -0.4 is 10.6 Å². The van der Waals surface area contributed by atoms with E-state index in [1.807, 2.05) is 54.6 Å².